The van der Waals surface area contributed by atoms with Crippen LogP contribution in [0.5, 0.6) is 0 Å². The van der Waals surface area contributed by atoms with Crippen LogP contribution >= 0.6 is 35.3 Å². The molecule has 1 atom stereocenters. The van der Waals surface area contributed by atoms with E-state index in [1.165, 1.54) is 4.88 Å². The minimum Gasteiger partial charge on any atom is -0.356 e. The zero-order valence-corrected chi connectivity index (χ0v) is 18.7. The van der Waals surface area contributed by atoms with E-state index in [1.54, 1.807) is 7.05 Å². The lowest BCUT2D eigenvalue weighted by Gasteiger charge is -2.16. The SMILES string of the molecule is CN=C(NCc1nccn1CC(C)C)NCC(C)Cc1cccs1.I. The summed E-state index contributed by atoms with van der Waals surface area (Å²) < 4.78 is 2.20. The molecular weight excluding hydrogens is 445 g/mol. The van der Waals surface area contributed by atoms with Gasteiger partial charge in [-0.15, -0.1) is 35.3 Å². The molecule has 140 valence electrons. The van der Waals surface area contributed by atoms with Gasteiger partial charge in [0.1, 0.15) is 5.82 Å². The van der Waals surface area contributed by atoms with E-state index in [9.17, 15) is 0 Å². The average Bonchev–Trinajstić information content (AvgIpc) is 3.19. The van der Waals surface area contributed by atoms with E-state index in [0.29, 0.717) is 18.4 Å². The minimum atomic E-state index is 0. The molecule has 7 heteroatoms. The first kappa shape index (κ1) is 22.0. The van der Waals surface area contributed by atoms with Gasteiger partial charge in [0.05, 0.1) is 6.54 Å². The number of nitrogens with one attached hydrogen (secondary N) is 2. The molecule has 0 saturated heterocycles. The molecule has 0 bridgehead atoms. The second kappa shape index (κ2) is 11.5. The van der Waals surface area contributed by atoms with Gasteiger partial charge in [0.15, 0.2) is 5.96 Å². The van der Waals surface area contributed by atoms with Crippen LogP contribution in [-0.4, -0.2) is 29.1 Å². The Hall–Kier alpha value is -1.09. The van der Waals surface area contributed by atoms with Gasteiger partial charge in [0, 0.05) is 37.4 Å². The van der Waals surface area contributed by atoms with Gasteiger partial charge in [0.25, 0.3) is 0 Å². The fraction of sp³-hybridized carbons (Fsp3) is 0.556. The third-order valence-corrected chi connectivity index (χ3v) is 4.65. The molecule has 0 fully saturated rings. The Kier molecular flexibility index (Phi) is 10.1. The second-order valence-electron chi connectivity index (χ2n) is 6.59. The standard InChI is InChI=1S/C18H29N5S.HI/c1-14(2)13-23-8-7-20-17(23)12-22-18(19-4)21-11-15(3)10-16-6-5-9-24-16;/h5-9,14-15H,10-13H2,1-4H3,(H2,19,21,22);1H. The molecule has 5 nitrogen and oxygen atoms in total. The average molecular weight is 475 g/mol. The van der Waals surface area contributed by atoms with Crippen LogP contribution in [0.2, 0.25) is 0 Å². The van der Waals surface area contributed by atoms with Crippen LogP contribution in [0.4, 0.5) is 0 Å². The summed E-state index contributed by atoms with van der Waals surface area (Å²) in [5, 5.41) is 8.90. The largest absolute Gasteiger partial charge is 0.356 e. The van der Waals surface area contributed by atoms with Crippen molar-refractivity contribution in [3.05, 3.63) is 40.6 Å². The number of imidazole rings is 1. The summed E-state index contributed by atoms with van der Waals surface area (Å²) in [5.74, 6) is 3.03. The number of guanidine groups is 1. The van der Waals surface area contributed by atoms with Crippen molar-refractivity contribution in [2.75, 3.05) is 13.6 Å². The van der Waals surface area contributed by atoms with E-state index < -0.39 is 0 Å². The van der Waals surface area contributed by atoms with E-state index >= 15 is 0 Å². The molecule has 2 aromatic heterocycles. The second-order valence-corrected chi connectivity index (χ2v) is 7.62. The highest BCUT2D eigenvalue weighted by Crippen LogP contribution is 2.13. The highest BCUT2D eigenvalue weighted by atomic mass is 127. The third kappa shape index (κ3) is 7.77. The number of nitrogens with zero attached hydrogens (tertiary/aromatic N) is 3. The van der Waals surface area contributed by atoms with Crippen molar-refractivity contribution in [3.8, 4) is 0 Å². The van der Waals surface area contributed by atoms with Gasteiger partial charge in [-0.05, 0) is 29.7 Å². The van der Waals surface area contributed by atoms with Crippen LogP contribution in [0.1, 0.15) is 31.5 Å². The summed E-state index contributed by atoms with van der Waals surface area (Å²) in [4.78, 5) is 10.2. The van der Waals surface area contributed by atoms with Gasteiger partial charge >= 0.3 is 0 Å². The Balaban J connectivity index is 0.00000312. The van der Waals surface area contributed by atoms with Crippen LogP contribution in [0, 0.1) is 11.8 Å². The Morgan fingerprint density at radius 1 is 1.32 bits per heavy atom. The van der Waals surface area contributed by atoms with E-state index in [4.69, 9.17) is 0 Å². The Bertz CT molecular complexity index is 621. The number of hydrogen-bond acceptors (Lipinski definition) is 3. The zero-order valence-electron chi connectivity index (χ0n) is 15.5. The van der Waals surface area contributed by atoms with E-state index in [-0.39, 0.29) is 24.0 Å². The number of hydrogen-bond donors (Lipinski definition) is 2. The highest BCUT2D eigenvalue weighted by Gasteiger charge is 2.08. The van der Waals surface area contributed by atoms with Crippen molar-refractivity contribution in [3.63, 3.8) is 0 Å². The molecule has 2 rings (SSSR count). The number of halogens is 1. The maximum atomic E-state index is 4.44. The number of aliphatic imine (C=N–C) groups is 1. The molecule has 0 saturated carbocycles. The van der Waals surface area contributed by atoms with E-state index in [1.807, 2.05) is 23.7 Å². The molecule has 0 aliphatic rings. The van der Waals surface area contributed by atoms with Gasteiger partial charge in [-0.1, -0.05) is 26.8 Å². The van der Waals surface area contributed by atoms with Gasteiger partial charge in [-0.3, -0.25) is 4.99 Å². The maximum absolute atomic E-state index is 4.44. The first-order chi connectivity index (χ1) is 11.6. The van der Waals surface area contributed by atoms with Crippen molar-refractivity contribution in [2.24, 2.45) is 16.8 Å². The Morgan fingerprint density at radius 3 is 2.76 bits per heavy atom. The molecule has 0 amide bonds. The van der Waals surface area contributed by atoms with E-state index in [2.05, 4.69) is 63.5 Å². The number of thiophene rings is 1. The summed E-state index contributed by atoms with van der Waals surface area (Å²) in [5.41, 5.74) is 0. The first-order valence-corrected chi connectivity index (χ1v) is 9.43. The topological polar surface area (TPSA) is 54.2 Å². The van der Waals surface area contributed by atoms with Gasteiger partial charge in [-0.25, -0.2) is 4.98 Å². The highest BCUT2D eigenvalue weighted by molar-refractivity contribution is 14.0. The third-order valence-electron chi connectivity index (χ3n) is 3.75. The molecule has 25 heavy (non-hydrogen) atoms. The van der Waals surface area contributed by atoms with Gasteiger partial charge in [0.2, 0.25) is 0 Å². The minimum absolute atomic E-state index is 0. The zero-order chi connectivity index (χ0) is 17.4. The summed E-state index contributed by atoms with van der Waals surface area (Å²) in [6.45, 7) is 9.26. The van der Waals surface area contributed by atoms with Crippen LogP contribution in [0.25, 0.3) is 0 Å². The number of rotatable bonds is 8. The summed E-state index contributed by atoms with van der Waals surface area (Å²) in [7, 11) is 1.81. The van der Waals surface area contributed by atoms with Gasteiger partial charge < -0.3 is 15.2 Å². The summed E-state index contributed by atoms with van der Waals surface area (Å²) >= 11 is 1.82. The molecule has 2 aromatic rings. The molecule has 0 spiro atoms. The van der Waals surface area contributed by atoms with Gasteiger partial charge in [-0.2, -0.15) is 0 Å². The lowest BCUT2D eigenvalue weighted by molar-refractivity contribution is 0.502. The number of aromatic nitrogens is 2. The molecule has 0 aromatic carbocycles. The predicted octanol–water partition coefficient (Wildman–Crippen LogP) is 3.76. The molecule has 0 aliphatic carbocycles. The molecule has 0 aliphatic heterocycles. The van der Waals surface area contributed by atoms with Crippen LogP contribution in [0.15, 0.2) is 34.9 Å². The van der Waals surface area contributed by atoms with Crippen molar-refractivity contribution >= 4 is 41.3 Å². The quantitative estimate of drug-likeness (QED) is 0.347. The van der Waals surface area contributed by atoms with Crippen molar-refractivity contribution in [1.82, 2.24) is 20.2 Å². The Labute approximate surface area is 172 Å². The molecule has 2 N–H and O–H groups in total. The molecule has 0 radical (unpaired) electrons. The normalized spacial score (nSPS) is 12.8. The first-order valence-electron chi connectivity index (χ1n) is 8.55. The summed E-state index contributed by atoms with van der Waals surface area (Å²) in [6.07, 6.45) is 5.00. The molecule has 2 heterocycles. The molecular formula is C18H30IN5S. The Morgan fingerprint density at radius 2 is 2.12 bits per heavy atom. The predicted molar refractivity (Wildman–Crippen MR) is 118 cm³/mol. The smallest absolute Gasteiger partial charge is 0.191 e. The monoisotopic (exact) mass is 475 g/mol. The van der Waals surface area contributed by atoms with Crippen molar-refractivity contribution < 1.29 is 0 Å². The maximum Gasteiger partial charge on any atom is 0.191 e. The van der Waals surface area contributed by atoms with Crippen molar-refractivity contribution in [2.45, 2.75) is 40.3 Å². The van der Waals surface area contributed by atoms with Crippen molar-refractivity contribution in [1.29, 1.82) is 0 Å². The van der Waals surface area contributed by atoms with E-state index in [0.717, 1.165) is 31.3 Å². The fourth-order valence-corrected chi connectivity index (χ4v) is 3.44. The van der Waals surface area contributed by atoms with Crippen LogP contribution in [0.3, 0.4) is 0 Å². The lowest BCUT2D eigenvalue weighted by Crippen LogP contribution is -2.39. The summed E-state index contributed by atoms with van der Waals surface area (Å²) in [6, 6.07) is 4.31. The molecule has 1 unspecified atom stereocenters. The van der Waals surface area contributed by atoms with Crippen LogP contribution < -0.4 is 10.6 Å². The lowest BCUT2D eigenvalue weighted by atomic mass is 10.1. The fourth-order valence-electron chi connectivity index (χ4n) is 2.57. The van der Waals surface area contributed by atoms with Crippen LogP contribution in [-0.2, 0) is 19.5 Å².